The molecule has 1 heterocycles. The molecule has 0 bridgehead atoms. The number of rotatable bonds is 5. The molecule has 40 heavy (non-hydrogen) atoms. The third kappa shape index (κ3) is 4.60. The number of nitrogens with zero attached hydrogens (tertiary/aromatic N) is 2. The molecular formula is C32H44ClN3O4. The SMILES string of the molecule is C[C@H](CCC(=O)N=Nc1c(O)[nH]c2ccc(Cl)cc12)[C@@H]1CC[C@@H]2[C@H]3[C@H](O)C[C@H]4C[C@@H](O)CC[C@]4(C)[C@@H]3CC[C@]21C. The van der Waals surface area contributed by atoms with Crippen LogP contribution in [0.3, 0.4) is 0 Å². The van der Waals surface area contributed by atoms with Crippen LogP contribution >= 0.6 is 11.6 Å². The molecule has 0 saturated heterocycles. The van der Waals surface area contributed by atoms with Gasteiger partial charge in [0, 0.05) is 16.8 Å². The van der Waals surface area contributed by atoms with Gasteiger partial charge in [0.15, 0.2) is 5.69 Å². The quantitative estimate of drug-likeness (QED) is 0.278. The molecule has 218 valence electrons. The van der Waals surface area contributed by atoms with E-state index in [1.807, 2.05) is 0 Å². The minimum atomic E-state index is -0.285. The Balaban J connectivity index is 1.11. The lowest BCUT2D eigenvalue weighted by atomic mass is 9.43. The summed E-state index contributed by atoms with van der Waals surface area (Å²) in [6.45, 7) is 7.19. The number of hydrogen-bond donors (Lipinski definition) is 4. The summed E-state index contributed by atoms with van der Waals surface area (Å²) < 4.78 is 0. The van der Waals surface area contributed by atoms with Crippen molar-refractivity contribution in [2.75, 3.05) is 0 Å². The smallest absolute Gasteiger partial charge is 0.264 e. The molecule has 1 aromatic carbocycles. The van der Waals surface area contributed by atoms with Crippen LogP contribution < -0.4 is 0 Å². The van der Waals surface area contributed by atoms with Crippen LogP contribution in [0.4, 0.5) is 5.69 Å². The van der Waals surface area contributed by atoms with Gasteiger partial charge in [0.05, 0.1) is 17.7 Å². The molecule has 4 N–H and O–H groups in total. The fourth-order valence-corrected chi connectivity index (χ4v) is 10.3. The van der Waals surface area contributed by atoms with Crippen molar-refractivity contribution in [3.8, 4) is 5.88 Å². The number of aromatic hydroxyl groups is 1. The van der Waals surface area contributed by atoms with E-state index in [2.05, 4.69) is 36.0 Å². The first-order valence-electron chi connectivity index (χ1n) is 15.3. The minimum absolute atomic E-state index is 0.128. The topological polar surface area (TPSA) is 118 Å². The minimum Gasteiger partial charge on any atom is -0.493 e. The molecule has 0 radical (unpaired) electrons. The lowest BCUT2D eigenvalue weighted by Gasteiger charge is -2.62. The number of aromatic nitrogens is 1. The summed E-state index contributed by atoms with van der Waals surface area (Å²) >= 11 is 6.10. The van der Waals surface area contributed by atoms with Crippen LogP contribution in [0.5, 0.6) is 5.88 Å². The summed E-state index contributed by atoms with van der Waals surface area (Å²) in [5.41, 5.74) is 1.33. The number of benzene rings is 1. The Morgan fingerprint density at radius 3 is 2.65 bits per heavy atom. The fraction of sp³-hybridized carbons (Fsp3) is 0.719. The van der Waals surface area contributed by atoms with Crippen LogP contribution in [0.25, 0.3) is 10.9 Å². The number of aliphatic hydroxyl groups excluding tert-OH is 2. The first-order chi connectivity index (χ1) is 19.0. The van der Waals surface area contributed by atoms with Crippen molar-refractivity contribution >= 4 is 34.1 Å². The molecule has 2 aromatic rings. The molecule has 0 spiro atoms. The number of hydrogen-bond acceptors (Lipinski definition) is 5. The number of H-pyrrole nitrogens is 1. The Bertz CT molecular complexity index is 1310. The lowest BCUT2D eigenvalue weighted by molar-refractivity contribution is -0.174. The van der Waals surface area contributed by atoms with Crippen molar-refractivity contribution in [1.82, 2.24) is 4.98 Å². The van der Waals surface area contributed by atoms with E-state index >= 15 is 0 Å². The summed E-state index contributed by atoms with van der Waals surface area (Å²) in [6.07, 6.45) is 8.90. The summed E-state index contributed by atoms with van der Waals surface area (Å²) in [5.74, 6) is 2.32. The zero-order valence-electron chi connectivity index (χ0n) is 23.9. The van der Waals surface area contributed by atoms with E-state index in [9.17, 15) is 20.1 Å². The van der Waals surface area contributed by atoms with E-state index in [0.717, 1.165) is 51.4 Å². The van der Waals surface area contributed by atoms with Crippen molar-refractivity contribution in [2.45, 2.75) is 97.2 Å². The second-order valence-corrected chi connectivity index (χ2v) is 14.5. The predicted octanol–water partition coefficient (Wildman–Crippen LogP) is 7.54. The first-order valence-corrected chi connectivity index (χ1v) is 15.7. The highest BCUT2D eigenvalue weighted by molar-refractivity contribution is 6.31. The number of aliphatic hydroxyl groups is 2. The zero-order chi connectivity index (χ0) is 28.4. The van der Waals surface area contributed by atoms with Crippen molar-refractivity contribution < 1.29 is 20.1 Å². The standard InChI is InChI=1S/C32H44ClN3O4/c1-17(4-9-27(39)35-36-29-21-16-19(33)5-8-25(21)34-30(29)40)22-6-7-23-28-24(11-13-32(22,23)3)31(2)12-10-20(37)14-18(31)15-26(28)38/h5,8,16-18,20,22-24,26,28,34,37-38,40H,4,6-7,9-15H2,1-3H3/t17-,18-,20+,22+,23-,24-,26-,28-,31+,32+/m1/s1. The monoisotopic (exact) mass is 569 g/mol. The number of aromatic amines is 1. The molecule has 1 amide bonds. The highest BCUT2D eigenvalue weighted by Crippen LogP contribution is 2.68. The molecular weight excluding hydrogens is 526 g/mol. The van der Waals surface area contributed by atoms with Gasteiger partial charge in [0.25, 0.3) is 5.91 Å². The molecule has 8 heteroatoms. The fourth-order valence-electron chi connectivity index (χ4n) is 10.1. The van der Waals surface area contributed by atoms with E-state index in [-0.39, 0.29) is 40.5 Å². The van der Waals surface area contributed by atoms with Crippen LogP contribution in [-0.2, 0) is 4.79 Å². The number of carbonyl (C=O) groups is 1. The third-order valence-electron chi connectivity index (χ3n) is 12.2. The summed E-state index contributed by atoms with van der Waals surface area (Å²) in [6, 6.07) is 5.18. The van der Waals surface area contributed by atoms with E-state index < -0.39 is 0 Å². The van der Waals surface area contributed by atoms with Crippen molar-refractivity contribution in [2.24, 2.45) is 56.6 Å². The number of halogens is 1. The highest BCUT2D eigenvalue weighted by Gasteiger charge is 2.62. The number of nitrogens with one attached hydrogen (secondary N) is 1. The van der Waals surface area contributed by atoms with Crippen LogP contribution in [-0.4, -0.2) is 38.4 Å². The van der Waals surface area contributed by atoms with E-state index in [1.165, 1.54) is 6.42 Å². The van der Waals surface area contributed by atoms with Crippen molar-refractivity contribution in [3.63, 3.8) is 0 Å². The van der Waals surface area contributed by atoms with Gasteiger partial charge >= 0.3 is 0 Å². The molecule has 10 atom stereocenters. The van der Waals surface area contributed by atoms with Gasteiger partial charge in [-0.15, -0.1) is 10.2 Å². The van der Waals surface area contributed by atoms with Gasteiger partial charge in [-0.1, -0.05) is 32.4 Å². The predicted molar refractivity (Wildman–Crippen MR) is 156 cm³/mol. The molecule has 4 aliphatic rings. The van der Waals surface area contributed by atoms with Crippen LogP contribution in [0.15, 0.2) is 28.4 Å². The van der Waals surface area contributed by atoms with Gasteiger partial charge in [0.2, 0.25) is 5.88 Å². The van der Waals surface area contributed by atoms with Gasteiger partial charge in [0.1, 0.15) is 0 Å². The van der Waals surface area contributed by atoms with Crippen LogP contribution in [0, 0.1) is 46.3 Å². The van der Waals surface area contributed by atoms with Gasteiger partial charge in [-0.3, -0.25) is 4.79 Å². The van der Waals surface area contributed by atoms with E-state index in [1.54, 1.807) is 18.2 Å². The molecule has 1 aromatic heterocycles. The second-order valence-electron chi connectivity index (χ2n) is 14.1. The lowest BCUT2D eigenvalue weighted by Crippen LogP contribution is -2.58. The number of azo groups is 1. The van der Waals surface area contributed by atoms with Crippen LogP contribution in [0.2, 0.25) is 5.02 Å². The van der Waals surface area contributed by atoms with Gasteiger partial charge in [-0.2, -0.15) is 0 Å². The van der Waals surface area contributed by atoms with Crippen molar-refractivity contribution in [3.05, 3.63) is 23.2 Å². The molecule has 7 nitrogen and oxygen atoms in total. The Labute approximate surface area is 241 Å². The summed E-state index contributed by atoms with van der Waals surface area (Å²) in [5, 5.41) is 41.2. The summed E-state index contributed by atoms with van der Waals surface area (Å²) in [7, 11) is 0. The van der Waals surface area contributed by atoms with Crippen molar-refractivity contribution in [1.29, 1.82) is 0 Å². The third-order valence-corrected chi connectivity index (χ3v) is 12.4. The summed E-state index contributed by atoms with van der Waals surface area (Å²) in [4.78, 5) is 15.6. The Kier molecular flexibility index (Phi) is 7.32. The molecule has 0 unspecified atom stereocenters. The number of fused-ring (bicyclic) bond motifs is 6. The molecule has 0 aliphatic heterocycles. The number of amides is 1. The Hall–Kier alpha value is -1.96. The maximum atomic E-state index is 12.7. The maximum Gasteiger partial charge on any atom is 0.264 e. The van der Waals surface area contributed by atoms with Gasteiger partial charge in [-0.25, -0.2) is 0 Å². The highest BCUT2D eigenvalue weighted by atomic mass is 35.5. The average molecular weight is 570 g/mol. The van der Waals surface area contributed by atoms with Crippen LogP contribution in [0.1, 0.15) is 85.0 Å². The largest absolute Gasteiger partial charge is 0.493 e. The Morgan fingerprint density at radius 1 is 1.10 bits per heavy atom. The molecule has 4 saturated carbocycles. The van der Waals surface area contributed by atoms with E-state index in [4.69, 9.17) is 11.6 Å². The van der Waals surface area contributed by atoms with Gasteiger partial charge in [-0.05, 0) is 122 Å². The first kappa shape index (κ1) is 28.2. The Morgan fingerprint density at radius 2 is 1.85 bits per heavy atom. The zero-order valence-corrected chi connectivity index (χ0v) is 24.7. The normalized spacial score (nSPS) is 40.1. The second kappa shape index (κ2) is 10.4. The van der Waals surface area contributed by atoms with Gasteiger partial charge < -0.3 is 20.3 Å². The molecule has 4 aliphatic carbocycles. The molecule has 6 rings (SSSR count). The maximum absolute atomic E-state index is 12.7. The number of carbonyl (C=O) groups excluding carboxylic acids is 1. The average Bonchev–Trinajstić information content (AvgIpc) is 3.42. The van der Waals surface area contributed by atoms with E-state index in [0.29, 0.717) is 57.9 Å². The molecule has 4 fully saturated rings.